The maximum atomic E-state index is 14.6. The van der Waals surface area contributed by atoms with Gasteiger partial charge in [-0.25, -0.2) is 12.8 Å². The van der Waals surface area contributed by atoms with Crippen LogP contribution < -0.4 is 9.62 Å². The number of halogens is 3. The summed E-state index contributed by atoms with van der Waals surface area (Å²) in [5, 5.41) is 3.07. The molecule has 0 saturated carbocycles. The molecule has 3 aromatic carbocycles. The summed E-state index contributed by atoms with van der Waals surface area (Å²) in [5.41, 5.74) is 0.394. The lowest BCUT2D eigenvalue weighted by Crippen LogP contribution is -2.54. The SMILES string of the molecule is Cc1ccc(S(=O)(=O)N(CC(=O)N(Cc2ccccc2F)[C@H](C)C(=O)NC(C)(C)C)c2cc(Cl)ccc2Cl)cc1. The van der Waals surface area contributed by atoms with Crippen LogP contribution in [0.25, 0.3) is 0 Å². The average molecular weight is 609 g/mol. The molecule has 0 fully saturated rings. The van der Waals surface area contributed by atoms with Crippen LogP contribution in [0.3, 0.4) is 0 Å². The molecule has 0 saturated heterocycles. The fourth-order valence-electron chi connectivity index (χ4n) is 3.89. The predicted molar refractivity (Wildman–Crippen MR) is 156 cm³/mol. The third-order valence-corrected chi connectivity index (χ3v) is 8.36. The zero-order chi connectivity index (χ0) is 29.8. The van der Waals surface area contributed by atoms with E-state index in [4.69, 9.17) is 23.2 Å². The van der Waals surface area contributed by atoms with E-state index in [1.165, 1.54) is 55.5 Å². The molecular formula is C29H32Cl2FN3O4S. The third kappa shape index (κ3) is 7.74. The topological polar surface area (TPSA) is 86.8 Å². The molecule has 2 amide bonds. The van der Waals surface area contributed by atoms with Crippen LogP contribution in [-0.4, -0.2) is 43.3 Å². The Morgan fingerprint density at radius 1 is 1.00 bits per heavy atom. The molecule has 3 aromatic rings. The molecular weight excluding hydrogens is 576 g/mol. The lowest BCUT2D eigenvalue weighted by molar-refractivity contribution is -0.140. The van der Waals surface area contributed by atoms with Gasteiger partial charge in [0.2, 0.25) is 11.8 Å². The molecule has 0 aliphatic rings. The van der Waals surface area contributed by atoms with Crippen LogP contribution in [0, 0.1) is 12.7 Å². The summed E-state index contributed by atoms with van der Waals surface area (Å²) >= 11 is 12.6. The first kappa shape index (κ1) is 31.4. The maximum absolute atomic E-state index is 14.6. The first-order valence-electron chi connectivity index (χ1n) is 12.5. The molecule has 3 rings (SSSR count). The van der Waals surface area contributed by atoms with Gasteiger partial charge < -0.3 is 10.2 Å². The van der Waals surface area contributed by atoms with Crippen molar-refractivity contribution < 1.29 is 22.4 Å². The Hall–Kier alpha value is -3.14. The van der Waals surface area contributed by atoms with Gasteiger partial charge in [0.1, 0.15) is 18.4 Å². The number of anilines is 1. The largest absolute Gasteiger partial charge is 0.350 e. The zero-order valence-electron chi connectivity index (χ0n) is 22.9. The molecule has 0 spiro atoms. The van der Waals surface area contributed by atoms with Crippen LogP contribution in [0.2, 0.25) is 10.0 Å². The highest BCUT2D eigenvalue weighted by Crippen LogP contribution is 2.33. The average Bonchev–Trinajstić information content (AvgIpc) is 2.87. The number of hydrogen-bond acceptors (Lipinski definition) is 4. The van der Waals surface area contributed by atoms with E-state index in [9.17, 15) is 22.4 Å². The Morgan fingerprint density at radius 2 is 1.62 bits per heavy atom. The van der Waals surface area contributed by atoms with Gasteiger partial charge in [-0.1, -0.05) is 59.1 Å². The van der Waals surface area contributed by atoms with Crippen molar-refractivity contribution in [2.24, 2.45) is 0 Å². The van der Waals surface area contributed by atoms with Crippen molar-refractivity contribution in [1.29, 1.82) is 0 Å². The van der Waals surface area contributed by atoms with Crippen molar-refractivity contribution in [1.82, 2.24) is 10.2 Å². The summed E-state index contributed by atoms with van der Waals surface area (Å²) in [6.07, 6.45) is 0. The number of carbonyl (C=O) groups is 2. The van der Waals surface area contributed by atoms with Gasteiger partial charge in [0, 0.05) is 22.7 Å². The second-order valence-electron chi connectivity index (χ2n) is 10.4. The van der Waals surface area contributed by atoms with Crippen LogP contribution >= 0.6 is 23.2 Å². The molecule has 0 heterocycles. The number of rotatable bonds is 9. The van der Waals surface area contributed by atoms with Gasteiger partial charge in [-0.05, 0) is 71.0 Å². The molecule has 0 bridgehead atoms. The van der Waals surface area contributed by atoms with Crippen LogP contribution in [0.15, 0.2) is 71.6 Å². The van der Waals surface area contributed by atoms with Crippen molar-refractivity contribution in [2.45, 2.75) is 57.6 Å². The van der Waals surface area contributed by atoms with Crippen molar-refractivity contribution in [2.75, 3.05) is 10.8 Å². The normalized spacial score (nSPS) is 12.5. The van der Waals surface area contributed by atoms with Crippen LogP contribution in [-0.2, 0) is 26.2 Å². The molecule has 0 aliphatic heterocycles. The molecule has 214 valence electrons. The van der Waals surface area contributed by atoms with Crippen LogP contribution in [0.4, 0.5) is 10.1 Å². The first-order chi connectivity index (χ1) is 18.6. The molecule has 0 unspecified atom stereocenters. The van der Waals surface area contributed by atoms with Gasteiger partial charge in [0.15, 0.2) is 0 Å². The van der Waals surface area contributed by atoms with E-state index in [-0.39, 0.29) is 32.7 Å². The number of aryl methyl sites for hydroxylation is 1. The Bertz CT molecular complexity index is 1490. The van der Waals surface area contributed by atoms with Crippen molar-refractivity contribution in [3.05, 3.63) is 93.7 Å². The quantitative estimate of drug-likeness (QED) is 0.325. The number of carbonyl (C=O) groups excluding carboxylic acids is 2. The Balaban J connectivity index is 2.09. The van der Waals surface area contributed by atoms with Gasteiger partial charge in [-0.15, -0.1) is 0 Å². The van der Waals surface area contributed by atoms with Gasteiger partial charge in [-0.3, -0.25) is 13.9 Å². The molecule has 11 heteroatoms. The number of benzene rings is 3. The lowest BCUT2D eigenvalue weighted by atomic mass is 10.1. The fraction of sp³-hybridized carbons (Fsp3) is 0.310. The minimum absolute atomic E-state index is 0.0132. The Morgan fingerprint density at radius 3 is 2.23 bits per heavy atom. The molecule has 0 aromatic heterocycles. The summed E-state index contributed by atoms with van der Waals surface area (Å²) in [6.45, 7) is 7.69. The molecule has 1 N–H and O–H groups in total. The monoisotopic (exact) mass is 607 g/mol. The second-order valence-corrected chi connectivity index (χ2v) is 13.2. The van der Waals surface area contributed by atoms with E-state index < -0.39 is 45.8 Å². The van der Waals surface area contributed by atoms with Crippen LogP contribution in [0.5, 0.6) is 0 Å². The number of sulfonamides is 1. The number of hydrogen-bond donors (Lipinski definition) is 1. The summed E-state index contributed by atoms with van der Waals surface area (Å²) in [4.78, 5) is 28.1. The van der Waals surface area contributed by atoms with Crippen LogP contribution in [0.1, 0.15) is 38.8 Å². The fourth-order valence-corrected chi connectivity index (χ4v) is 5.76. The zero-order valence-corrected chi connectivity index (χ0v) is 25.2. The van der Waals surface area contributed by atoms with E-state index in [1.54, 1.807) is 39.0 Å². The summed E-state index contributed by atoms with van der Waals surface area (Å²) in [5.74, 6) is -1.79. The molecule has 40 heavy (non-hydrogen) atoms. The van der Waals surface area contributed by atoms with E-state index in [1.807, 2.05) is 6.92 Å². The minimum atomic E-state index is -4.33. The van der Waals surface area contributed by atoms with E-state index >= 15 is 0 Å². The molecule has 1 atom stereocenters. The minimum Gasteiger partial charge on any atom is -0.350 e. The van der Waals surface area contributed by atoms with Gasteiger partial charge in [0.05, 0.1) is 15.6 Å². The highest BCUT2D eigenvalue weighted by molar-refractivity contribution is 7.92. The second kappa shape index (κ2) is 12.6. The summed E-state index contributed by atoms with van der Waals surface area (Å²) < 4.78 is 43.3. The summed E-state index contributed by atoms with van der Waals surface area (Å²) in [6, 6.07) is 15.2. The number of nitrogens with zero attached hydrogens (tertiary/aromatic N) is 2. The van der Waals surface area contributed by atoms with E-state index in [0.717, 1.165) is 14.8 Å². The standard InChI is InChI=1S/C29H32Cl2FN3O4S/c1-19-10-13-23(14-11-19)40(38,39)35(26-16-22(30)12-15-24(26)31)18-27(36)34(17-21-8-6-7-9-25(21)32)20(2)28(37)33-29(3,4)5/h6-16,20H,17-18H2,1-5H3,(H,33,37)/t20-/m1/s1. The van der Waals surface area contributed by atoms with Gasteiger partial charge in [0.25, 0.3) is 10.0 Å². The smallest absolute Gasteiger partial charge is 0.264 e. The number of amides is 2. The highest BCUT2D eigenvalue weighted by atomic mass is 35.5. The highest BCUT2D eigenvalue weighted by Gasteiger charge is 2.34. The molecule has 7 nitrogen and oxygen atoms in total. The molecule has 0 radical (unpaired) electrons. The predicted octanol–water partition coefficient (Wildman–Crippen LogP) is 5.97. The van der Waals surface area contributed by atoms with Crippen molar-refractivity contribution >= 4 is 50.7 Å². The number of nitrogens with one attached hydrogen (secondary N) is 1. The van der Waals surface area contributed by atoms with Crippen molar-refractivity contribution in [3.63, 3.8) is 0 Å². The maximum Gasteiger partial charge on any atom is 0.264 e. The van der Waals surface area contributed by atoms with E-state index in [2.05, 4.69) is 5.32 Å². The Kier molecular flexibility index (Phi) is 9.87. The third-order valence-electron chi connectivity index (χ3n) is 6.03. The van der Waals surface area contributed by atoms with Crippen molar-refractivity contribution in [3.8, 4) is 0 Å². The van der Waals surface area contributed by atoms with E-state index in [0.29, 0.717) is 0 Å². The lowest BCUT2D eigenvalue weighted by Gasteiger charge is -2.33. The summed E-state index contributed by atoms with van der Waals surface area (Å²) in [7, 11) is -4.33. The first-order valence-corrected chi connectivity index (χ1v) is 14.7. The van der Waals surface area contributed by atoms with Gasteiger partial charge in [-0.2, -0.15) is 0 Å². The Labute approximate surface area is 244 Å². The molecule has 0 aliphatic carbocycles. The van der Waals surface area contributed by atoms with Gasteiger partial charge >= 0.3 is 0 Å².